The number of carbonyl (C=O) groups excluding carboxylic acids is 1. The highest BCUT2D eigenvalue weighted by atomic mass is 32.2. The van der Waals surface area contributed by atoms with E-state index in [2.05, 4.69) is 30.5 Å². The van der Waals surface area contributed by atoms with Gasteiger partial charge >= 0.3 is 0 Å². The van der Waals surface area contributed by atoms with Crippen molar-refractivity contribution in [1.82, 2.24) is 30.1 Å². The number of aromatic amines is 2. The summed E-state index contributed by atoms with van der Waals surface area (Å²) in [6, 6.07) is 16.3. The van der Waals surface area contributed by atoms with Crippen LogP contribution in [0.25, 0.3) is 44.6 Å². The number of hydrogen-bond acceptors (Lipinski definition) is 6. The van der Waals surface area contributed by atoms with Gasteiger partial charge in [-0.25, -0.2) is 9.37 Å². The molecule has 0 spiro atoms. The summed E-state index contributed by atoms with van der Waals surface area (Å²) in [7, 11) is 0. The van der Waals surface area contributed by atoms with Gasteiger partial charge in [-0.15, -0.1) is 0 Å². The lowest BCUT2D eigenvalue weighted by Crippen LogP contribution is -2.14. The molecule has 0 radical (unpaired) electrons. The second-order valence-electron chi connectivity index (χ2n) is 9.62. The first kappa shape index (κ1) is 25.1. The summed E-state index contributed by atoms with van der Waals surface area (Å²) < 4.78 is 29.9. The van der Waals surface area contributed by atoms with Crippen LogP contribution in [-0.2, 0) is 11.2 Å². The van der Waals surface area contributed by atoms with E-state index < -0.39 is 5.82 Å². The van der Waals surface area contributed by atoms with E-state index in [1.54, 1.807) is 42.7 Å². The van der Waals surface area contributed by atoms with Gasteiger partial charge in [-0.05, 0) is 42.3 Å². The fourth-order valence-electron chi connectivity index (χ4n) is 5.01. The molecule has 11 heteroatoms. The topological polar surface area (TPSA) is 112 Å². The molecule has 41 heavy (non-hydrogen) atoms. The van der Waals surface area contributed by atoms with Crippen molar-refractivity contribution in [3.8, 4) is 22.6 Å². The molecular formula is C30H21F2N7OS. The van der Waals surface area contributed by atoms with E-state index in [0.29, 0.717) is 57.0 Å². The van der Waals surface area contributed by atoms with Gasteiger partial charge in [0.05, 0.1) is 45.7 Å². The van der Waals surface area contributed by atoms with Crippen molar-refractivity contribution in [2.45, 2.75) is 18.1 Å². The summed E-state index contributed by atoms with van der Waals surface area (Å²) in [5.41, 5.74) is 4.92. The van der Waals surface area contributed by atoms with E-state index in [-0.39, 0.29) is 28.1 Å². The lowest BCUT2D eigenvalue weighted by molar-refractivity contribution is -0.115. The van der Waals surface area contributed by atoms with Crippen LogP contribution in [0.3, 0.4) is 0 Å². The number of hydrogen-bond donors (Lipinski definition) is 3. The predicted molar refractivity (Wildman–Crippen MR) is 155 cm³/mol. The van der Waals surface area contributed by atoms with Crippen LogP contribution in [0.2, 0.25) is 0 Å². The molecule has 4 aromatic heterocycles. The molecule has 1 amide bonds. The van der Waals surface area contributed by atoms with Crippen LogP contribution in [0.1, 0.15) is 22.9 Å². The van der Waals surface area contributed by atoms with E-state index in [1.807, 2.05) is 30.3 Å². The number of nitrogens with zero attached hydrogens (tertiary/aromatic N) is 4. The highest BCUT2D eigenvalue weighted by Crippen LogP contribution is 2.45. The molecule has 6 aromatic rings. The molecule has 7 rings (SSSR count). The summed E-state index contributed by atoms with van der Waals surface area (Å²) in [6.07, 6.45) is 6.99. The Hall–Kier alpha value is -4.90. The van der Waals surface area contributed by atoms with Gasteiger partial charge in [-0.1, -0.05) is 42.1 Å². The first-order valence-corrected chi connectivity index (χ1v) is 13.7. The van der Waals surface area contributed by atoms with Gasteiger partial charge in [0.25, 0.3) is 0 Å². The number of pyridine rings is 2. The van der Waals surface area contributed by atoms with Crippen LogP contribution in [0.4, 0.5) is 14.5 Å². The average molecular weight is 566 g/mol. The van der Waals surface area contributed by atoms with Crippen molar-refractivity contribution in [3.63, 3.8) is 0 Å². The van der Waals surface area contributed by atoms with Gasteiger partial charge in [0.1, 0.15) is 17.0 Å². The summed E-state index contributed by atoms with van der Waals surface area (Å²) in [5, 5.41) is 9.95. The van der Waals surface area contributed by atoms with Crippen molar-refractivity contribution in [2.24, 2.45) is 0 Å². The molecule has 202 valence electrons. The highest BCUT2D eigenvalue weighted by Gasteiger charge is 2.26. The number of nitrogens with one attached hydrogen (secondary N) is 3. The maximum atomic E-state index is 16.2. The Balaban J connectivity index is 1.22. The van der Waals surface area contributed by atoms with E-state index in [0.717, 1.165) is 17.3 Å². The third-order valence-corrected chi connectivity index (χ3v) is 8.01. The molecule has 5 heterocycles. The standard InChI is InChI=1S/C30H21F2N7OS/c31-23-9-8-22(41-23)28-27-21(10-11-34-28)36-30(37-27)29-25-20(38-39-29)7-6-19(26(25)32)17-13-18(15-33-14-17)35-24(40)12-16-4-2-1-3-5-16/h1-7,9-11,13-15,22H,8,12H2,(H,35,40)(H,36,37)(H,38,39). The molecule has 1 unspecified atom stereocenters. The number of amides is 1. The molecule has 1 atom stereocenters. The SMILES string of the molecule is O=C(Cc1ccccc1)Nc1cncc(-c2ccc3[nH]nc(-c4nc5c(C6CC=C(F)S6)nccc5[nH]4)c3c2F)c1. The summed E-state index contributed by atoms with van der Waals surface area (Å²) >= 11 is 1.11. The van der Waals surface area contributed by atoms with E-state index >= 15 is 4.39 Å². The van der Waals surface area contributed by atoms with Crippen molar-refractivity contribution in [1.29, 1.82) is 0 Å². The third kappa shape index (κ3) is 4.74. The smallest absolute Gasteiger partial charge is 0.228 e. The number of anilines is 1. The fourth-order valence-corrected chi connectivity index (χ4v) is 5.95. The lowest BCUT2D eigenvalue weighted by Gasteiger charge is -2.09. The molecule has 0 saturated carbocycles. The van der Waals surface area contributed by atoms with E-state index in [4.69, 9.17) is 4.98 Å². The predicted octanol–water partition coefficient (Wildman–Crippen LogP) is 6.87. The van der Waals surface area contributed by atoms with Gasteiger partial charge in [-0.2, -0.15) is 9.49 Å². The molecule has 1 aliphatic rings. The first-order chi connectivity index (χ1) is 20.0. The zero-order valence-electron chi connectivity index (χ0n) is 21.4. The minimum Gasteiger partial charge on any atom is -0.336 e. The minimum atomic E-state index is -0.503. The van der Waals surface area contributed by atoms with Gasteiger partial charge in [0.15, 0.2) is 11.0 Å². The molecule has 1 aliphatic heterocycles. The molecule has 0 saturated heterocycles. The number of fused-ring (bicyclic) bond motifs is 2. The van der Waals surface area contributed by atoms with Gasteiger partial charge in [-0.3, -0.25) is 19.9 Å². The number of aromatic nitrogens is 6. The Morgan fingerprint density at radius 2 is 1.95 bits per heavy atom. The van der Waals surface area contributed by atoms with Crippen LogP contribution in [0.15, 0.2) is 84.4 Å². The van der Waals surface area contributed by atoms with E-state index in [1.165, 1.54) is 6.20 Å². The van der Waals surface area contributed by atoms with Crippen molar-refractivity contribution >= 4 is 45.3 Å². The Morgan fingerprint density at radius 3 is 2.78 bits per heavy atom. The number of H-pyrrole nitrogens is 2. The number of rotatable bonds is 6. The van der Waals surface area contributed by atoms with Gasteiger partial charge < -0.3 is 10.3 Å². The van der Waals surface area contributed by atoms with Crippen LogP contribution < -0.4 is 5.32 Å². The average Bonchev–Trinajstić information content (AvgIpc) is 3.72. The summed E-state index contributed by atoms with van der Waals surface area (Å²) in [5.74, 6) is -0.332. The second kappa shape index (κ2) is 10.3. The van der Waals surface area contributed by atoms with Crippen LogP contribution in [-0.4, -0.2) is 36.0 Å². The highest BCUT2D eigenvalue weighted by molar-refractivity contribution is 8.03. The van der Waals surface area contributed by atoms with Crippen LogP contribution >= 0.6 is 11.8 Å². The lowest BCUT2D eigenvalue weighted by atomic mass is 10.0. The fraction of sp³-hybridized carbons (Fsp3) is 0.100. The van der Waals surface area contributed by atoms with Crippen molar-refractivity contribution < 1.29 is 13.6 Å². The molecule has 2 aromatic carbocycles. The molecule has 8 nitrogen and oxygen atoms in total. The molecule has 0 aliphatic carbocycles. The maximum absolute atomic E-state index is 16.2. The number of thioether (sulfide) groups is 1. The largest absolute Gasteiger partial charge is 0.336 e. The maximum Gasteiger partial charge on any atom is 0.228 e. The number of benzene rings is 2. The molecular weight excluding hydrogens is 544 g/mol. The Bertz CT molecular complexity index is 1970. The van der Waals surface area contributed by atoms with Gasteiger partial charge in [0.2, 0.25) is 5.91 Å². The quantitative estimate of drug-likeness (QED) is 0.203. The summed E-state index contributed by atoms with van der Waals surface area (Å²) in [4.78, 5) is 29.2. The molecule has 0 bridgehead atoms. The number of halogens is 2. The Morgan fingerprint density at radius 1 is 1.07 bits per heavy atom. The molecule has 3 N–H and O–H groups in total. The third-order valence-electron chi connectivity index (χ3n) is 6.91. The molecule has 0 fully saturated rings. The first-order valence-electron chi connectivity index (χ1n) is 12.9. The summed E-state index contributed by atoms with van der Waals surface area (Å²) in [6.45, 7) is 0. The van der Waals surface area contributed by atoms with Crippen molar-refractivity contribution in [3.05, 3.63) is 101 Å². The monoisotopic (exact) mass is 565 g/mol. The number of imidazole rings is 1. The number of allylic oxidation sites excluding steroid dienone is 1. The zero-order valence-corrected chi connectivity index (χ0v) is 22.2. The Kier molecular flexibility index (Phi) is 6.27. The van der Waals surface area contributed by atoms with Crippen LogP contribution in [0, 0.1) is 5.82 Å². The normalized spacial score (nSPS) is 15.0. The minimum absolute atomic E-state index is 0.179. The van der Waals surface area contributed by atoms with Crippen LogP contribution in [0.5, 0.6) is 0 Å². The van der Waals surface area contributed by atoms with E-state index in [9.17, 15) is 9.18 Å². The van der Waals surface area contributed by atoms with Crippen molar-refractivity contribution in [2.75, 3.05) is 5.32 Å². The Labute approximate surface area is 236 Å². The zero-order chi connectivity index (χ0) is 27.9. The second-order valence-corrected chi connectivity index (χ2v) is 10.8. The number of carbonyl (C=O) groups is 1. The van der Waals surface area contributed by atoms with Gasteiger partial charge in [0, 0.05) is 23.5 Å².